The summed E-state index contributed by atoms with van der Waals surface area (Å²) >= 11 is 1.21. The molecule has 0 spiro atoms. The summed E-state index contributed by atoms with van der Waals surface area (Å²) in [5.41, 5.74) is 1.06. The Balaban J connectivity index is 1.56. The summed E-state index contributed by atoms with van der Waals surface area (Å²) in [6.07, 6.45) is 0. The molecular formula is C21H21N5O4S. The fraction of sp³-hybridized carbons (Fsp3) is 0.190. The van der Waals surface area contributed by atoms with E-state index < -0.39 is 5.97 Å². The van der Waals surface area contributed by atoms with Gasteiger partial charge in [0, 0.05) is 17.8 Å². The van der Waals surface area contributed by atoms with Gasteiger partial charge in [0.2, 0.25) is 5.91 Å². The van der Waals surface area contributed by atoms with E-state index in [0.29, 0.717) is 28.8 Å². The summed E-state index contributed by atoms with van der Waals surface area (Å²) in [6, 6.07) is 14.9. The van der Waals surface area contributed by atoms with Crippen LogP contribution in [0.4, 0.5) is 5.69 Å². The number of rotatable bonds is 9. The zero-order valence-electron chi connectivity index (χ0n) is 16.7. The minimum absolute atomic E-state index is 0.0752. The van der Waals surface area contributed by atoms with E-state index in [1.54, 1.807) is 36.4 Å². The highest BCUT2D eigenvalue weighted by molar-refractivity contribution is 7.99. The molecule has 2 aromatic carbocycles. The third kappa shape index (κ3) is 5.92. The van der Waals surface area contributed by atoms with E-state index in [2.05, 4.69) is 20.8 Å². The van der Waals surface area contributed by atoms with Crippen molar-refractivity contribution in [3.05, 3.63) is 71.5 Å². The lowest BCUT2D eigenvalue weighted by Gasteiger charge is -2.09. The molecule has 10 heteroatoms. The van der Waals surface area contributed by atoms with Crippen molar-refractivity contribution in [1.29, 1.82) is 0 Å². The van der Waals surface area contributed by atoms with Gasteiger partial charge < -0.3 is 20.3 Å². The Morgan fingerprint density at radius 2 is 1.77 bits per heavy atom. The highest BCUT2D eigenvalue weighted by atomic mass is 32.2. The first kappa shape index (κ1) is 22.0. The first-order chi connectivity index (χ1) is 15.0. The van der Waals surface area contributed by atoms with Crippen molar-refractivity contribution >= 4 is 35.2 Å². The molecule has 0 saturated heterocycles. The molecule has 3 aromatic rings. The molecule has 0 saturated carbocycles. The lowest BCUT2D eigenvalue weighted by atomic mass is 10.2. The van der Waals surface area contributed by atoms with E-state index in [1.165, 1.54) is 23.9 Å². The molecule has 31 heavy (non-hydrogen) atoms. The van der Waals surface area contributed by atoms with Crippen LogP contribution in [0.15, 0.2) is 59.8 Å². The fourth-order valence-corrected chi connectivity index (χ4v) is 3.60. The van der Waals surface area contributed by atoms with Gasteiger partial charge in [-0.1, -0.05) is 36.0 Å². The second kappa shape index (κ2) is 10.4. The number of benzene rings is 2. The van der Waals surface area contributed by atoms with E-state index in [1.807, 2.05) is 17.6 Å². The Hall–Kier alpha value is -3.66. The summed E-state index contributed by atoms with van der Waals surface area (Å²) in [5, 5.41) is 23.3. The van der Waals surface area contributed by atoms with Crippen molar-refractivity contribution < 1.29 is 19.5 Å². The van der Waals surface area contributed by atoms with Gasteiger partial charge in [-0.15, -0.1) is 10.2 Å². The molecule has 0 atom stereocenters. The minimum atomic E-state index is -1.06. The molecule has 1 aromatic heterocycles. The molecule has 0 aliphatic heterocycles. The first-order valence-corrected chi connectivity index (χ1v) is 10.5. The molecular weight excluding hydrogens is 418 g/mol. The molecule has 3 rings (SSSR count). The Kier molecular flexibility index (Phi) is 7.39. The number of hydrogen-bond acceptors (Lipinski definition) is 6. The quantitative estimate of drug-likeness (QED) is 0.438. The van der Waals surface area contributed by atoms with Gasteiger partial charge in [0.1, 0.15) is 0 Å². The van der Waals surface area contributed by atoms with Crippen LogP contribution < -0.4 is 10.6 Å². The maximum Gasteiger partial charge on any atom is 0.335 e. The standard InChI is InChI=1S/C21H21N5O4S/c1-2-26-17(12-22-19(28)14-7-4-3-5-8-14)24-25-21(26)31-13-18(27)23-16-10-6-9-15(11-16)20(29)30/h3-11H,2,12-13H2,1H3,(H,22,28)(H,23,27)(H,29,30). The van der Waals surface area contributed by atoms with Crippen molar-refractivity contribution in [2.24, 2.45) is 0 Å². The van der Waals surface area contributed by atoms with Crippen LogP contribution in [0, 0.1) is 0 Å². The minimum Gasteiger partial charge on any atom is -0.478 e. The number of thioether (sulfide) groups is 1. The SMILES string of the molecule is CCn1c(CNC(=O)c2ccccc2)nnc1SCC(=O)Nc1cccc(C(=O)O)c1. The van der Waals surface area contributed by atoms with Crippen LogP contribution in [0.3, 0.4) is 0 Å². The van der Waals surface area contributed by atoms with Crippen molar-refractivity contribution in [3.63, 3.8) is 0 Å². The molecule has 9 nitrogen and oxygen atoms in total. The van der Waals surface area contributed by atoms with Crippen molar-refractivity contribution in [3.8, 4) is 0 Å². The van der Waals surface area contributed by atoms with Crippen LogP contribution in [0.25, 0.3) is 0 Å². The smallest absolute Gasteiger partial charge is 0.335 e. The second-order valence-corrected chi connectivity index (χ2v) is 7.36. The van der Waals surface area contributed by atoms with E-state index in [-0.39, 0.29) is 29.7 Å². The number of carboxylic acids is 1. The van der Waals surface area contributed by atoms with Crippen molar-refractivity contribution in [1.82, 2.24) is 20.1 Å². The van der Waals surface area contributed by atoms with Crippen molar-refractivity contribution in [2.75, 3.05) is 11.1 Å². The van der Waals surface area contributed by atoms with Crippen LogP contribution in [0.1, 0.15) is 33.5 Å². The largest absolute Gasteiger partial charge is 0.478 e. The highest BCUT2D eigenvalue weighted by Crippen LogP contribution is 2.18. The zero-order chi connectivity index (χ0) is 22.2. The molecule has 3 N–H and O–H groups in total. The number of amides is 2. The molecule has 0 bridgehead atoms. The van der Waals surface area contributed by atoms with E-state index in [0.717, 1.165) is 0 Å². The van der Waals surface area contributed by atoms with Gasteiger partial charge >= 0.3 is 5.97 Å². The van der Waals surface area contributed by atoms with Crippen molar-refractivity contribution in [2.45, 2.75) is 25.2 Å². The normalized spacial score (nSPS) is 10.5. The number of carbonyl (C=O) groups is 3. The molecule has 0 fully saturated rings. The van der Waals surface area contributed by atoms with Crippen LogP contribution >= 0.6 is 11.8 Å². The molecule has 1 heterocycles. The van der Waals surface area contributed by atoms with Gasteiger partial charge in [-0.2, -0.15) is 0 Å². The molecule has 0 aliphatic rings. The average molecular weight is 439 g/mol. The van der Waals surface area contributed by atoms with Gasteiger partial charge in [0.15, 0.2) is 11.0 Å². The van der Waals surface area contributed by atoms with E-state index >= 15 is 0 Å². The number of nitrogens with one attached hydrogen (secondary N) is 2. The third-order valence-corrected chi connectivity index (χ3v) is 5.25. The van der Waals surface area contributed by atoms with E-state index in [4.69, 9.17) is 5.11 Å². The summed E-state index contributed by atoms with van der Waals surface area (Å²) in [6.45, 7) is 2.71. The zero-order valence-corrected chi connectivity index (χ0v) is 17.6. The van der Waals surface area contributed by atoms with Gasteiger partial charge in [-0.25, -0.2) is 4.79 Å². The maximum absolute atomic E-state index is 12.3. The number of anilines is 1. The number of aromatic carboxylic acids is 1. The predicted octanol–water partition coefficient (Wildman–Crippen LogP) is 2.66. The van der Waals surface area contributed by atoms with Gasteiger partial charge in [-0.05, 0) is 37.3 Å². The third-order valence-electron chi connectivity index (χ3n) is 4.28. The molecule has 2 amide bonds. The Labute approximate surface area is 182 Å². The second-order valence-electron chi connectivity index (χ2n) is 6.41. The van der Waals surface area contributed by atoms with Crippen LogP contribution in [-0.4, -0.2) is 43.4 Å². The molecule has 0 aliphatic carbocycles. The summed E-state index contributed by atoms with van der Waals surface area (Å²) in [4.78, 5) is 35.5. The summed E-state index contributed by atoms with van der Waals surface area (Å²) < 4.78 is 1.83. The number of carbonyl (C=O) groups excluding carboxylic acids is 2. The Bertz CT molecular complexity index is 1080. The lowest BCUT2D eigenvalue weighted by molar-refractivity contribution is -0.113. The molecule has 160 valence electrons. The monoisotopic (exact) mass is 439 g/mol. The average Bonchev–Trinajstić information content (AvgIpc) is 3.18. The van der Waals surface area contributed by atoms with E-state index in [9.17, 15) is 14.4 Å². The van der Waals surface area contributed by atoms with Gasteiger partial charge in [0.05, 0.1) is 17.9 Å². The fourth-order valence-electron chi connectivity index (χ4n) is 2.78. The predicted molar refractivity (Wildman–Crippen MR) is 116 cm³/mol. The number of aromatic nitrogens is 3. The number of hydrogen-bond donors (Lipinski definition) is 3. The van der Waals surface area contributed by atoms with Crippen LogP contribution in [0.2, 0.25) is 0 Å². The van der Waals surface area contributed by atoms with Crippen LogP contribution in [0.5, 0.6) is 0 Å². The van der Waals surface area contributed by atoms with Gasteiger partial charge in [0.25, 0.3) is 5.91 Å². The number of nitrogens with zero attached hydrogens (tertiary/aromatic N) is 3. The van der Waals surface area contributed by atoms with Crippen LogP contribution in [-0.2, 0) is 17.9 Å². The first-order valence-electron chi connectivity index (χ1n) is 9.49. The molecule has 0 radical (unpaired) electrons. The summed E-state index contributed by atoms with van der Waals surface area (Å²) in [7, 11) is 0. The summed E-state index contributed by atoms with van der Waals surface area (Å²) in [5.74, 6) is -0.899. The Morgan fingerprint density at radius 1 is 1.03 bits per heavy atom. The number of carboxylic acid groups (broad SMARTS) is 1. The topological polar surface area (TPSA) is 126 Å². The van der Waals surface area contributed by atoms with Gasteiger partial charge in [-0.3, -0.25) is 9.59 Å². The maximum atomic E-state index is 12.3. The lowest BCUT2D eigenvalue weighted by Crippen LogP contribution is -2.24. The highest BCUT2D eigenvalue weighted by Gasteiger charge is 2.15. The molecule has 0 unspecified atom stereocenters. The Morgan fingerprint density at radius 3 is 2.48 bits per heavy atom.